The number of benzene rings is 8. The van der Waals surface area contributed by atoms with Crippen LogP contribution in [0.4, 0.5) is 22.7 Å². The van der Waals surface area contributed by atoms with Gasteiger partial charge in [-0.15, -0.1) is 0 Å². The average Bonchev–Trinajstić information content (AvgIpc) is 3.40. The third-order valence-corrected chi connectivity index (χ3v) is 10.4. The highest BCUT2D eigenvalue weighted by Gasteiger charge is 2.10. The predicted molar refractivity (Wildman–Crippen MR) is 298 cm³/mol. The lowest BCUT2D eigenvalue weighted by Gasteiger charge is -2.07. The first-order chi connectivity index (χ1) is 34.7. The molecule has 8 aromatic rings. The molecule has 10 nitrogen and oxygen atoms in total. The van der Waals surface area contributed by atoms with Gasteiger partial charge in [0.25, 0.3) is 11.8 Å². The quantitative estimate of drug-likeness (QED) is 0.0527. The lowest BCUT2D eigenvalue weighted by molar-refractivity contribution is 0.101. The average molecular weight is 953 g/mol. The normalized spacial score (nSPS) is 10.2. The van der Waals surface area contributed by atoms with Gasteiger partial charge in [0, 0.05) is 23.6 Å². The molecule has 0 aliphatic carbocycles. The summed E-state index contributed by atoms with van der Waals surface area (Å²) in [5, 5.41) is 43.6. The molecule has 0 bridgehead atoms. The fourth-order valence-corrected chi connectivity index (χ4v) is 6.23. The Morgan fingerprint density at radius 3 is 1.01 bits per heavy atom. The van der Waals surface area contributed by atoms with Gasteiger partial charge in [-0.1, -0.05) is 171 Å². The molecular weight excluding hydrogens is 897 g/mol. The van der Waals surface area contributed by atoms with E-state index in [-0.39, 0.29) is 34.8 Å². The van der Waals surface area contributed by atoms with E-state index in [0.717, 1.165) is 44.5 Å². The van der Waals surface area contributed by atoms with Crippen LogP contribution in [0, 0.1) is 0 Å². The maximum atomic E-state index is 12.0. The standard InChI is InChI=1S/C16H15NO2.C16H15NO.C15H13NO2.C15H13NO/c1-11(2)12-7-9-13(10-8-12)16(19)17-14-5-3-4-6-15(14)18;1-12(2)14-9-7-13(8-10-14)11-17-15-5-3-4-6-16(15)18;1-2-11-7-9-12(10-8-11)15(18)16-13-5-3-4-6-14(13)17;1-2-12-7-9-13(10-8-12)11-16-14-5-3-4-6-15(14)17/h3-10,18H,1H2,2H3,(H,17,19);3-11,18H,1H2,2H3;2-10,17H,1H2,(H,16,18);2-11,17H,1H2. The molecule has 360 valence electrons. The Morgan fingerprint density at radius 1 is 0.389 bits per heavy atom. The Bertz CT molecular complexity index is 3180. The number of nitrogens with zero attached hydrogens (tertiary/aromatic N) is 2. The fourth-order valence-electron chi connectivity index (χ4n) is 6.23. The van der Waals surface area contributed by atoms with Crippen molar-refractivity contribution >= 4 is 70.3 Å². The van der Waals surface area contributed by atoms with Crippen LogP contribution in [0.5, 0.6) is 23.0 Å². The summed E-state index contributed by atoms with van der Waals surface area (Å²) >= 11 is 0. The molecule has 8 rings (SSSR count). The summed E-state index contributed by atoms with van der Waals surface area (Å²) in [5.41, 5.74) is 11.1. The van der Waals surface area contributed by atoms with Gasteiger partial charge in [0.05, 0.1) is 11.4 Å². The first kappa shape index (κ1) is 53.2. The van der Waals surface area contributed by atoms with E-state index in [1.54, 1.807) is 122 Å². The second-order valence-corrected chi connectivity index (χ2v) is 15.9. The zero-order valence-electron chi connectivity index (χ0n) is 40.1. The largest absolute Gasteiger partial charge is 0.506 e. The van der Waals surface area contributed by atoms with Crippen molar-refractivity contribution in [2.45, 2.75) is 13.8 Å². The Kier molecular flexibility index (Phi) is 20.1. The number of nitrogens with one attached hydrogen (secondary N) is 2. The van der Waals surface area contributed by atoms with Gasteiger partial charge in [-0.2, -0.15) is 0 Å². The molecule has 0 aliphatic heterocycles. The number of aliphatic imine (C=N–C) groups is 2. The summed E-state index contributed by atoms with van der Waals surface area (Å²) in [5.74, 6) is -0.0383. The van der Waals surface area contributed by atoms with Crippen molar-refractivity contribution in [3.8, 4) is 23.0 Å². The van der Waals surface area contributed by atoms with Crippen molar-refractivity contribution in [1.82, 2.24) is 0 Å². The zero-order valence-corrected chi connectivity index (χ0v) is 40.1. The molecule has 0 fully saturated rings. The number of phenols is 4. The van der Waals surface area contributed by atoms with Gasteiger partial charge >= 0.3 is 0 Å². The molecule has 72 heavy (non-hydrogen) atoms. The van der Waals surface area contributed by atoms with Crippen LogP contribution in [0.3, 0.4) is 0 Å². The van der Waals surface area contributed by atoms with Crippen LogP contribution in [0.15, 0.2) is 230 Å². The van der Waals surface area contributed by atoms with Crippen molar-refractivity contribution in [2.75, 3.05) is 10.6 Å². The third-order valence-electron chi connectivity index (χ3n) is 10.4. The van der Waals surface area contributed by atoms with Gasteiger partial charge in [-0.25, -0.2) is 0 Å². The highest BCUT2D eigenvalue weighted by Crippen LogP contribution is 2.27. The van der Waals surface area contributed by atoms with Crippen molar-refractivity contribution in [3.05, 3.63) is 265 Å². The summed E-state index contributed by atoms with van der Waals surface area (Å²) in [4.78, 5) is 32.4. The number of para-hydroxylation sites is 8. The van der Waals surface area contributed by atoms with Crippen LogP contribution in [0.2, 0.25) is 0 Å². The number of hydrogen-bond acceptors (Lipinski definition) is 8. The number of phenolic OH excluding ortho intramolecular Hbond substituents is 4. The number of allylic oxidation sites excluding steroid dienone is 2. The van der Waals surface area contributed by atoms with E-state index in [4.69, 9.17) is 0 Å². The number of hydrogen-bond donors (Lipinski definition) is 6. The lowest BCUT2D eigenvalue weighted by atomic mass is 10.1. The highest BCUT2D eigenvalue weighted by molar-refractivity contribution is 6.05. The van der Waals surface area contributed by atoms with E-state index in [1.807, 2.05) is 98.8 Å². The maximum Gasteiger partial charge on any atom is 0.255 e. The summed E-state index contributed by atoms with van der Waals surface area (Å²) in [6.45, 7) is 19.0. The maximum absolute atomic E-state index is 12.0. The van der Waals surface area contributed by atoms with Crippen molar-refractivity contribution in [3.63, 3.8) is 0 Å². The molecular formula is C62H56N4O6. The zero-order chi connectivity index (χ0) is 51.8. The van der Waals surface area contributed by atoms with Crippen LogP contribution >= 0.6 is 0 Å². The second kappa shape index (κ2) is 27.3. The molecule has 2 amide bonds. The summed E-state index contributed by atoms with van der Waals surface area (Å²) in [6.07, 6.45) is 6.97. The Morgan fingerprint density at radius 2 is 0.667 bits per heavy atom. The fraction of sp³-hybridized carbons (Fsp3) is 0.0323. The van der Waals surface area contributed by atoms with Crippen molar-refractivity contribution in [2.24, 2.45) is 9.98 Å². The minimum Gasteiger partial charge on any atom is -0.506 e. The number of rotatable bonds is 12. The molecule has 8 aromatic carbocycles. The lowest BCUT2D eigenvalue weighted by Crippen LogP contribution is -2.11. The molecule has 0 unspecified atom stereocenters. The molecule has 0 spiro atoms. The Balaban J connectivity index is 0.000000178. The van der Waals surface area contributed by atoms with Gasteiger partial charge in [-0.05, 0) is 120 Å². The molecule has 10 heteroatoms. The van der Waals surface area contributed by atoms with Gasteiger partial charge in [0.2, 0.25) is 0 Å². The van der Waals surface area contributed by atoms with Crippen molar-refractivity contribution in [1.29, 1.82) is 0 Å². The highest BCUT2D eigenvalue weighted by atomic mass is 16.3. The molecule has 0 aliphatic rings. The monoisotopic (exact) mass is 952 g/mol. The van der Waals surface area contributed by atoms with E-state index >= 15 is 0 Å². The molecule has 0 saturated heterocycles. The number of carbonyl (C=O) groups excluding carboxylic acids is 2. The summed E-state index contributed by atoms with van der Waals surface area (Å²) in [7, 11) is 0. The van der Waals surface area contributed by atoms with Crippen LogP contribution in [-0.2, 0) is 0 Å². The SMILES string of the molecule is C=C(C)c1ccc(C(=O)Nc2ccccc2O)cc1.C=C(C)c1ccc(C=Nc2ccccc2O)cc1.C=Cc1ccc(C(=O)Nc2ccccc2O)cc1.C=Cc1ccc(C=Nc2ccccc2O)cc1. The van der Waals surface area contributed by atoms with Gasteiger partial charge in [0.15, 0.2) is 0 Å². The molecule has 6 N–H and O–H groups in total. The van der Waals surface area contributed by atoms with Crippen LogP contribution in [0.25, 0.3) is 23.3 Å². The van der Waals surface area contributed by atoms with Gasteiger partial charge in [0.1, 0.15) is 34.4 Å². The summed E-state index contributed by atoms with van der Waals surface area (Å²) in [6, 6.07) is 57.3. The third kappa shape index (κ3) is 16.8. The van der Waals surface area contributed by atoms with Gasteiger partial charge < -0.3 is 31.1 Å². The summed E-state index contributed by atoms with van der Waals surface area (Å²) < 4.78 is 0. The smallest absolute Gasteiger partial charge is 0.255 e. The molecule has 0 radical (unpaired) electrons. The van der Waals surface area contributed by atoms with E-state index in [2.05, 4.69) is 46.9 Å². The number of aromatic hydroxyl groups is 4. The number of carbonyl (C=O) groups is 2. The van der Waals surface area contributed by atoms with Crippen molar-refractivity contribution < 1.29 is 30.0 Å². The first-order valence-electron chi connectivity index (χ1n) is 22.5. The van der Waals surface area contributed by atoms with E-state index in [0.29, 0.717) is 33.9 Å². The Hall–Kier alpha value is -9.80. The molecule has 0 aromatic heterocycles. The molecule has 0 atom stereocenters. The van der Waals surface area contributed by atoms with Crippen LogP contribution in [-0.4, -0.2) is 44.7 Å². The minimum absolute atomic E-state index is 0.0496. The first-order valence-corrected chi connectivity index (χ1v) is 22.5. The topological polar surface area (TPSA) is 164 Å². The van der Waals surface area contributed by atoms with Crippen LogP contribution < -0.4 is 10.6 Å². The van der Waals surface area contributed by atoms with Crippen LogP contribution in [0.1, 0.15) is 67.9 Å². The molecule has 0 heterocycles. The Labute approximate surface area is 421 Å². The van der Waals surface area contributed by atoms with E-state index < -0.39 is 0 Å². The minimum atomic E-state index is -0.257. The van der Waals surface area contributed by atoms with Gasteiger partial charge in [-0.3, -0.25) is 19.6 Å². The number of anilines is 2. The predicted octanol–water partition coefficient (Wildman–Crippen LogP) is 14.9. The van der Waals surface area contributed by atoms with E-state index in [1.165, 1.54) is 12.1 Å². The number of amides is 2. The van der Waals surface area contributed by atoms with E-state index in [9.17, 15) is 30.0 Å². The second-order valence-electron chi connectivity index (χ2n) is 15.9. The molecule has 0 saturated carbocycles.